The molecular weight excluding hydrogens is 384 g/mol. The van der Waals surface area contributed by atoms with E-state index in [0.717, 1.165) is 0 Å². The van der Waals surface area contributed by atoms with Crippen molar-refractivity contribution in [1.29, 1.82) is 0 Å². The van der Waals surface area contributed by atoms with Crippen molar-refractivity contribution in [2.75, 3.05) is 13.2 Å². The Labute approximate surface area is 168 Å². The van der Waals surface area contributed by atoms with E-state index in [1.165, 1.54) is 24.3 Å². The Balaban J connectivity index is 0.000000407. The normalized spacial score (nSPS) is 11.7. The first-order valence-corrected chi connectivity index (χ1v) is 8.53. The van der Waals surface area contributed by atoms with Gasteiger partial charge < -0.3 is 35.4 Å². The van der Waals surface area contributed by atoms with Crippen molar-refractivity contribution in [2.24, 2.45) is 0 Å². The van der Waals surface area contributed by atoms with Crippen LogP contribution in [0.15, 0.2) is 48.5 Å². The molecule has 9 nitrogen and oxygen atoms in total. The second kappa shape index (κ2) is 13.9. The first-order chi connectivity index (χ1) is 13.6. The highest BCUT2D eigenvalue weighted by atomic mass is 16.5. The second-order valence-electron chi connectivity index (χ2n) is 5.82. The summed E-state index contributed by atoms with van der Waals surface area (Å²) >= 11 is 0. The maximum Gasteiger partial charge on any atom is 0.339 e. The predicted molar refractivity (Wildman–Crippen MR) is 104 cm³/mol. The molecule has 0 aliphatic heterocycles. The van der Waals surface area contributed by atoms with Gasteiger partial charge in [-0.3, -0.25) is 0 Å². The highest BCUT2D eigenvalue weighted by molar-refractivity contribution is 5.91. The lowest BCUT2D eigenvalue weighted by molar-refractivity contribution is -0.0177. The average molecular weight is 410 g/mol. The monoisotopic (exact) mass is 410 g/mol. The minimum Gasteiger partial charge on any atom is -0.507 e. The molecule has 0 amide bonds. The van der Waals surface area contributed by atoms with Crippen molar-refractivity contribution in [2.45, 2.75) is 26.1 Å². The number of rotatable bonds is 6. The van der Waals surface area contributed by atoms with E-state index in [-0.39, 0.29) is 35.3 Å². The van der Waals surface area contributed by atoms with E-state index in [1.54, 1.807) is 38.1 Å². The molecule has 0 aliphatic rings. The number of phenols is 2. The summed E-state index contributed by atoms with van der Waals surface area (Å²) in [6.45, 7) is 3.70. The third kappa shape index (κ3) is 11.3. The minimum absolute atomic E-state index is 0.00667. The topological polar surface area (TPSA) is 165 Å². The number of benzene rings is 2. The molecule has 0 aromatic heterocycles. The number of carbonyl (C=O) groups is 2. The van der Waals surface area contributed by atoms with E-state index in [4.69, 9.17) is 35.4 Å². The number of para-hydroxylation sites is 2. The molecule has 0 bridgehead atoms. The van der Waals surface area contributed by atoms with E-state index in [2.05, 4.69) is 0 Å². The molecule has 2 unspecified atom stereocenters. The zero-order valence-electron chi connectivity index (χ0n) is 16.1. The van der Waals surface area contributed by atoms with Gasteiger partial charge in [-0.15, -0.1) is 0 Å². The lowest BCUT2D eigenvalue weighted by Crippen LogP contribution is -2.19. The van der Waals surface area contributed by atoms with E-state index < -0.39 is 18.0 Å². The lowest BCUT2D eigenvalue weighted by atomic mass is 10.2. The van der Waals surface area contributed by atoms with Gasteiger partial charge in [0.15, 0.2) is 0 Å². The van der Waals surface area contributed by atoms with Crippen LogP contribution in [0.5, 0.6) is 11.5 Å². The molecule has 0 spiro atoms. The molecule has 0 aliphatic carbocycles. The first-order valence-electron chi connectivity index (χ1n) is 8.53. The SMILES string of the molecule is CC(O)COC(C)CO.O=C(O)c1ccccc1O.O=C(O)c1ccccc1O. The summed E-state index contributed by atoms with van der Waals surface area (Å²) in [5.41, 5.74) is -0.134. The van der Waals surface area contributed by atoms with Gasteiger partial charge in [0.2, 0.25) is 0 Å². The Bertz CT molecular complexity index is 704. The maximum atomic E-state index is 10.3. The Morgan fingerprint density at radius 3 is 1.48 bits per heavy atom. The number of aromatic hydroxyl groups is 2. The second-order valence-corrected chi connectivity index (χ2v) is 5.82. The van der Waals surface area contributed by atoms with Crippen molar-refractivity contribution in [3.05, 3.63) is 59.7 Å². The zero-order valence-corrected chi connectivity index (χ0v) is 16.1. The van der Waals surface area contributed by atoms with E-state index >= 15 is 0 Å². The molecule has 2 rings (SSSR count). The minimum atomic E-state index is -1.11. The van der Waals surface area contributed by atoms with Gasteiger partial charge in [0.05, 0.1) is 25.4 Å². The van der Waals surface area contributed by atoms with Crippen LogP contribution in [-0.4, -0.2) is 68.0 Å². The van der Waals surface area contributed by atoms with Crippen LogP contribution in [0.2, 0.25) is 0 Å². The quantitative estimate of drug-likeness (QED) is 0.417. The number of aromatic carboxylic acids is 2. The Hall–Kier alpha value is -3.14. The van der Waals surface area contributed by atoms with Gasteiger partial charge in [0.1, 0.15) is 22.6 Å². The Morgan fingerprint density at radius 2 is 1.24 bits per heavy atom. The highest BCUT2D eigenvalue weighted by Crippen LogP contribution is 2.15. The predicted octanol–water partition coefficient (Wildman–Crippen LogP) is 1.95. The number of hydrogen-bond acceptors (Lipinski definition) is 7. The van der Waals surface area contributed by atoms with Crippen LogP contribution in [0.4, 0.5) is 0 Å². The first kappa shape index (κ1) is 25.9. The smallest absolute Gasteiger partial charge is 0.339 e. The van der Waals surface area contributed by atoms with Gasteiger partial charge in [-0.1, -0.05) is 24.3 Å². The van der Waals surface area contributed by atoms with Crippen LogP contribution in [0.25, 0.3) is 0 Å². The zero-order chi connectivity index (χ0) is 22.4. The average Bonchev–Trinajstić information content (AvgIpc) is 2.67. The van der Waals surface area contributed by atoms with Crippen LogP contribution >= 0.6 is 0 Å². The number of hydrogen-bond donors (Lipinski definition) is 6. The summed E-state index contributed by atoms with van der Waals surface area (Å²) in [6.07, 6.45) is -0.612. The van der Waals surface area contributed by atoms with Gasteiger partial charge in [-0.25, -0.2) is 9.59 Å². The summed E-state index contributed by atoms with van der Waals surface area (Å²) in [6, 6.07) is 11.6. The van der Waals surface area contributed by atoms with Crippen molar-refractivity contribution in [3.8, 4) is 11.5 Å². The number of carboxylic acid groups (broad SMARTS) is 2. The standard InChI is InChI=1S/2C7H6O3.C6H14O3/c2*8-6-4-2-1-3-5(6)7(9)10;1-5(8)4-9-6(2)3-7/h2*1-4,8H,(H,9,10);5-8H,3-4H2,1-2H3. The molecule has 0 radical (unpaired) electrons. The van der Waals surface area contributed by atoms with Gasteiger partial charge in [-0.05, 0) is 38.1 Å². The van der Waals surface area contributed by atoms with Crippen LogP contribution in [-0.2, 0) is 4.74 Å². The molecular formula is C20H26O9. The molecule has 9 heteroatoms. The van der Waals surface area contributed by atoms with Gasteiger partial charge >= 0.3 is 11.9 Å². The lowest BCUT2D eigenvalue weighted by Gasteiger charge is -2.10. The molecule has 160 valence electrons. The third-order valence-electron chi connectivity index (χ3n) is 3.15. The molecule has 0 saturated carbocycles. The molecule has 29 heavy (non-hydrogen) atoms. The summed E-state index contributed by atoms with van der Waals surface area (Å²) in [7, 11) is 0. The fraction of sp³-hybridized carbons (Fsp3) is 0.300. The maximum absolute atomic E-state index is 10.3. The molecule has 0 fully saturated rings. The van der Waals surface area contributed by atoms with Crippen molar-refractivity contribution >= 4 is 11.9 Å². The molecule has 0 saturated heterocycles. The summed E-state index contributed by atoms with van der Waals surface area (Å²) in [5.74, 6) is -2.62. The number of ether oxygens (including phenoxy) is 1. The van der Waals surface area contributed by atoms with Gasteiger partial charge in [-0.2, -0.15) is 0 Å². The Morgan fingerprint density at radius 1 is 0.862 bits per heavy atom. The van der Waals surface area contributed by atoms with Crippen LogP contribution in [0.1, 0.15) is 34.6 Å². The van der Waals surface area contributed by atoms with Crippen molar-refractivity contribution in [3.63, 3.8) is 0 Å². The molecule has 2 aromatic carbocycles. The van der Waals surface area contributed by atoms with E-state index in [0.29, 0.717) is 6.61 Å². The van der Waals surface area contributed by atoms with Gasteiger partial charge in [0, 0.05) is 0 Å². The summed E-state index contributed by atoms with van der Waals surface area (Å²) < 4.78 is 4.95. The largest absolute Gasteiger partial charge is 0.507 e. The van der Waals surface area contributed by atoms with Crippen molar-refractivity contribution in [1.82, 2.24) is 0 Å². The summed E-state index contributed by atoms with van der Waals surface area (Å²) in [4.78, 5) is 20.5. The Kier molecular flexibility index (Phi) is 12.4. The fourth-order valence-corrected chi connectivity index (χ4v) is 1.67. The summed E-state index contributed by atoms with van der Waals surface area (Å²) in [5, 5.41) is 51.7. The number of aliphatic hydroxyl groups excluding tert-OH is 2. The third-order valence-corrected chi connectivity index (χ3v) is 3.15. The van der Waals surface area contributed by atoms with E-state index in [1.807, 2.05) is 0 Å². The fourth-order valence-electron chi connectivity index (χ4n) is 1.67. The van der Waals surface area contributed by atoms with Crippen LogP contribution in [0.3, 0.4) is 0 Å². The van der Waals surface area contributed by atoms with Crippen molar-refractivity contribution < 1.29 is 45.0 Å². The van der Waals surface area contributed by atoms with E-state index in [9.17, 15) is 9.59 Å². The highest BCUT2D eigenvalue weighted by Gasteiger charge is 2.06. The van der Waals surface area contributed by atoms with Gasteiger partial charge in [0.25, 0.3) is 0 Å². The molecule has 0 heterocycles. The molecule has 6 N–H and O–H groups in total. The molecule has 2 aromatic rings. The number of aliphatic hydroxyl groups is 2. The molecule has 2 atom stereocenters. The number of carboxylic acids is 2. The van der Waals surface area contributed by atoms with Crippen LogP contribution < -0.4 is 0 Å². The van der Waals surface area contributed by atoms with Crippen LogP contribution in [0, 0.1) is 0 Å².